The Morgan fingerprint density at radius 2 is 1.79 bits per heavy atom. The van der Waals surface area contributed by atoms with Crippen LogP contribution in [0.25, 0.3) is 0 Å². The molecule has 3 fully saturated rings. The predicted molar refractivity (Wildman–Crippen MR) is 113 cm³/mol. The van der Waals surface area contributed by atoms with Crippen molar-refractivity contribution in [3.63, 3.8) is 0 Å². The average Bonchev–Trinajstić information content (AvgIpc) is 2.94. The van der Waals surface area contributed by atoms with Crippen molar-refractivity contribution in [2.24, 2.45) is 34.5 Å². The number of fused-ring (bicyclic) bond motifs is 5. The number of aliphatic hydroxyl groups is 2. The highest BCUT2D eigenvalue weighted by Gasteiger charge is 2.60. The number of nitrogens with one attached hydrogen (secondary N) is 1. The summed E-state index contributed by atoms with van der Waals surface area (Å²) in [4.78, 5) is 0. The van der Waals surface area contributed by atoms with Gasteiger partial charge in [-0.15, -0.1) is 0 Å². The van der Waals surface area contributed by atoms with Gasteiger partial charge in [0.25, 0.3) is 0 Å². The minimum Gasteiger partial charge on any atom is -0.512 e. The summed E-state index contributed by atoms with van der Waals surface area (Å²) in [5.41, 5.74) is 3.33. The zero-order chi connectivity index (χ0) is 19.7. The molecule has 5 aliphatic rings. The van der Waals surface area contributed by atoms with Crippen molar-refractivity contribution >= 4 is 0 Å². The van der Waals surface area contributed by atoms with Crippen LogP contribution in [0.15, 0.2) is 23.0 Å². The highest BCUT2D eigenvalue weighted by molar-refractivity contribution is 5.35. The third kappa shape index (κ3) is 2.61. The molecule has 0 spiro atoms. The fraction of sp³-hybridized carbons (Fsp3) is 0.840. The molecule has 3 heteroatoms. The minimum absolute atomic E-state index is 0.141. The van der Waals surface area contributed by atoms with Crippen molar-refractivity contribution in [1.82, 2.24) is 5.32 Å². The van der Waals surface area contributed by atoms with Gasteiger partial charge in [0.15, 0.2) is 0 Å². The number of hydrogen-bond acceptors (Lipinski definition) is 3. The largest absolute Gasteiger partial charge is 0.512 e. The van der Waals surface area contributed by atoms with Crippen LogP contribution < -0.4 is 5.32 Å². The van der Waals surface area contributed by atoms with Gasteiger partial charge in [-0.3, -0.25) is 0 Å². The molecule has 28 heavy (non-hydrogen) atoms. The van der Waals surface area contributed by atoms with Gasteiger partial charge >= 0.3 is 0 Å². The first-order valence-corrected chi connectivity index (χ1v) is 11.9. The Labute approximate surface area is 170 Å². The van der Waals surface area contributed by atoms with Gasteiger partial charge in [-0.1, -0.05) is 38.8 Å². The van der Waals surface area contributed by atoms with E-state index in [2.05, 4.69) is 32.2 Å². The van der Waals surface area contributed by atoms with Crippen LogP contribution in [0.4, 0.5) is 0 Å². The molecule has 0 radical (unpaired) electrons. The first-order chi connectivity index (χ1) is 13.3. The quantitative estimate of drug-likeness (QED) is 0.549. The standard InChI is InChI=1S/C25H39NO2/c1-15-12-16-13-17(27)7-9-24(16,2)18-8-10-25(3)19(22(15)18)14-21(28)23(25)20-6-4-5-11-26-20/h12,15,17-20,22,26-28H,4-11,13-14H2,1-3H3/t15?,17?,18-,19+,20?,22-,24+,25+/m1/s1. The van der Waals surface area contributed by atoms with Gasteiger partial charge < -0.3 is 15.5 Å². The second-order valence-electron chi connectivity index (χ2n) is 11.2. The molecule has 0 aromatic rings. The molecule has 2 saturated carbocycles. The van der Waals surface area contributed by atoms with Crippen LogP contribution >= 0.6 is 0 Å². The first-order valence-electron chi connectivity index (χ1n) is 11.9. The monoisotopic (exact) mass is 385 g/mol. The Bertz CT molecular complexity index is 705. The summed E-state index contributed by atoms with van der Waals surface area (Å²) in [7, 11) is 0. The van der Waals surface area contributed by atoms with Crippen molar-refractivity contribution in [3.05, 3.63) is 23.0 Å². The van der Waals surface area contributed by atoms with Crippen molar-refractivity contribution in [2.45, 2.75) is 90.7 Å². The van der Waals surface area contributed by atoms with Gasteiger partial charge in [0.1, 0.15) is 0 Å². The maximum Gasteiger partial charge on any atom is 0.0939 e. The van der Waals surface area contributed by atoms with Crippen LogP contribution in [0, 0.1) is 34.5 Å². The molecule has 8 atom stereocenters. The highest BCUT2D eigenvalue weighted by Crippen LogP contribution is 2.67. The van der Waals surface area contributed by atoms with Crippen molar-refractivity contribution in [2.75, 3.05) is 6.54 Å². The van der Waals surface area contributed by atoms with Crippen LogP contribution in [0.2, 0.25) is 0 Å². The number of allylic oxidation sites excluding steroid dienone is 2. The van der Waals surface area contributed by atoms with E-state index in [-0.39, 0.29) is 16.9 Å². The van der Waals surface area contributed by atoms with E-state index in [1.807, 2.05) is 0 Å². The van der Waals surface area contributed by atoms with E-state index >= 15 is 0 Å². The normalized spacial score (nSPS) is 51.2. The third-order valence-corrected chi connectivity index (χ3v) is 9.80. The Kier molecular flexibility index (Phi) is 4.52. The summed E-state index contributed by atoms with van der Waals surface area (Å²) in [6.07, 6.45) is 12.5. The molecule has 4 aliphatic carbocycles. The molecular formula is C25H39NO2. The number of rotatable bonds is 1. The summed E-state index contributed by atoms with van der Waals surface area (Å²) in [5, 5.41) is 25.1. The van der Waals surface area contributed by atoms with Crippen molar-refractivity contribution < 1.29 is 10.2 Å². The van der Waals surface area contributed by atoms with E-state index in [1.54, 1.807) is 0 Å². The molecule has 3 nitrogen and oxygen atoms in total. The van der Waals surface area contributed by atoms with Crippen LogP contribution in [0.1, 0.15) is 78.6 Å². The fourth-order valence-electron chi connectivity index (χ4n) is 8.38. The Hall–Kier alpha value is -0.800. The number of aliphatic hydroxyl groups excluding tert-OH is 2. The van der Waals surface area contributed by atoms with E-state index in [9.17, 15) is 10.2 Å². The topological polar surface area (TPSA) is 52.5 Å². The second-order valence-corrected chi connectivity index (χ2v) is 11.2. The van der Waals surface area contributed by atoms with E-state index < -0.39 is 0 Å². The van der Waals surface area contributed by atoms with E-state index in [0.29, 0.717) is 29.7 Å². The van der Waals surface area contributed by atoms with Crippen LogP contribution in [-0.4, -0.2) is 28.9 Å². The molecule has 0 aromatic carbocycles. The summed E-state index contributed by atoms with van der Waals surface area (Å²) in [5.74, 6) is 3.21. The second kappa shape index (κ2) is 6.60. The highest BCUT2D eigenvalue weighted by atomic mass is 16.3. The molecule has 1 saturated heterocycles. The Morgan fingerprint density at radius 3 is 2.54 bits per heavy atom. The number of piperidine rings is 1. The summed E-state index contributed by atoms with van der Waals surface area (Å²) in [6.45, 7) is 8.46. The lowest BCUT2D eigenvalue weighted by molar-refractivity contribution is -0.0502. The van der Waals surface area contributed by atoms with Gasteiger partial charge in [-0.25, -0.2) is 0 Å². The molecule has 3 unspecified atom stereocenters. The minimum atomic E-state index is -0.141. The summed E-state index contributed by atoms with van der Waals surface area (Å²) < 4.78 is 0. The average molecular weight is 386 g/mol. The first kappa shape index (κ1) is 19.2. The molecule has 0 bridgehead atoms. The van der Waals surface area contributed by atoms with Gasteiger partial charge in [-0.05, 0) is 91.6 Å². The van der Waals surface area contributed by atoms with E-state index in [4.69, 9.17) is 0 Å². The lowest BCUT2D eigenvalue weighted by atomic mass is 9.45. The molecule has 156 valence electrons. The fourth-order valence-corrected chi connectivity index (χ4v) is 8.38. The van der Waals surface area contributed by atoms with E-state index in [0.717, 1.165) is 38.0 Å². The molecule has 1 aliphatic heterocycles. The zero-order valence-corrected chi connectivity index (χ0v) is 18.0. The van der Waals surface area contributed by atoms with Crippen molar-refractivity contribution in [1.29, 1.82) is 0 Å². The van der Waals surface area contributed by atoms with E-state index in [1.165, 1.54) is 43.3 Å². The molecule has 1 heterocycles. The maximum atomic E-state index is 11.1. The van der Waals surface area contributed by atoms with Crippen LogP contribution in [-0.2, 0) is 0 Å². The molecule has 5 rings (SSSR count). The molecule has 0 aromatic heterocycles. The Morgan fingerprint density at radius 1 is 1.00 bits per heavy atom. The smallest absolute Gasteiger partial charge is 0.0939 e. The Balaban J connectivity index is 1.49. The lowest BCUT2D eigenvalue weighted by Crippen LogP contribution is -2.53. The molecular weight excluding hydrogens is 346 g/mol. The lowest BCUT2D eigenvalue weighted by Gasteiger charge is -2.59. The summed E-state index contributed by atoms with van der Waals surface area (Å²) >= 11 is 0. The SMILES string of the molecule is CC1C=C2CC(O)CC[C@]2(C)[C@@H]2CC[C@]3(C)C(C4CCCCN4)=C(O)C[C@H]3[C@H]12. The number of hydrogen-bond donors (Lipinski definition) is 3. The molecule has 0 amide bonds. The molecule has 3 N–H and O–H groups in total. The van der Waals surface area contributed by atoms with Gasteiger partial charge in [0.2, 0.25) is 0 Å². The van der Waals surface area contributed by atoms with Crippen LogP contribution in [0.3, 0.4) is 0 Å². The zero-order valence-electron chi connectivity index (χ0n) is 18.0. The van der Waals surface area contributed by atoms with Crippen LogP contribution in [0.5, 0.6) is 0 Å². The summed E-state index contributed by atoms with van der Waals surface area (Å²) in [6, 6.07) is 0.394. The van der Waals surface area contributed by atoms with Gasteiger partial charge in [-0.2, -0.15) is 0 Å². The predicted octanol–water partition coefficient (Wildman–Crippen LogP) is 5.12. The van der Waals surface area contributed by atoms with Crippen molar-refractivity contribution in [3.8, 4) is 0 Å². The van der Waals surface area contributed by atoms with Gasteiger partial charge in [0, 0.05) is 12.5 Å². The van der Waals surface area contributed by atoms with Gasteiger partial charge in [0.05, 0.1) is 11.9 Å². The maximum absolute atomic E-state index is 11.1. The third-order valence-electron chi connectivity index (χ3n) is 9.80.